The number of aliphatic carboxylic acids is 1. The number of hydrogen-bond acceptors (Lipinski definition) is 9. The number of carboxylic acids is 1. The molecule has 1 aliphatic rings. The van der Waals surface area contributed by atoms with Crippen molar-refractivity contribution in [2.75, 3.05) is 26.2 Å². The fraction of sp³-hybridized carbons (Fsp3) is 0.675. The van der Waals surface area contributed by atoms with Gasteiger partial charge in [-0.1, -0.05) is 65.7 Å². The van der Waals surface area contributed by atoms with E-state index >= 15 is 0 Å². The Morgan fingerprint density at radius 1 is 0.909 bits per heavy atom. The van der Waals surface area contributed by atoms with Gasteiger partial charge in [0.1, 0.15) is 24.2 Å². The van der Waals surface area contributed by atoms with Crippen LogP contribution in [0.15, 0.2) is 30.5 Å². The molecule has 0 unspecified atom stereocenters. The topological polar surface area (TPSA) is 251 Å². The molecular formula is C40H67N9O6. The van der Waals surface area contributed by atoms with E-state index in [0.717, 1.165) is 48.6 Å². The van der Waals surface area contributed by atoms with E-state index in [4.69, 9.17) is 17.2 Å². The van der Waals surface area contributed by atoms with Crippen molar-refractivity contribution >= 4 is 40.5 Å². The highest BCUT2D eigenvalue weighted by Crippen LogP contribution is 2.24. The lowest BCUT2D eigenvalue weighted by Crippen LogP contribution is -2.61. The summed E-state index contributed by atoms with van der Waals surface area (Å²) in [5.41, 5.74) is 18.6. The molecule has 6 atom stereocenters. The summed E-state index contributed by atoms with van der Waals surface area (Å²) < 4.78 is 0. The van der Waals surface area contributed by atoms with Crippen LogP contribution in [0.1, 0.15) is 98.0 Å². The normalized spacial score (nSPS) is 17.4. The molecule has 2 heterocycles. The number of amides is 4. The number of carboxylic acid groups (broad SMARTS) is 1. The monoisotopic (exact) mass is 770 g/mol. The average Bonchev–Trinajstić information content (AvgIpc) is 3.78. The number of para-hydroxylation sites is 1. The number of H-pyrrole nitrogens is 1. The number of benzene rings is 1. The molecule has 308 valence electrons. The van der Waals surface area contributed by atoms with Crippen LogP contribution in [-0.4, -0.2) is 107 Å². The van der Waals surface area contributed by atoms with Crippen LogP contribution in [0, 0.1) is 11.3 Å². The van der Waals surface area contributed by atoms with Gasteiger partial charge < -0.3 is 53.5 Å². The van der Waals surface area contributed by atoms with Gasteiger partial charge in [0.25, 0.3) is 0 Å². The molecule has 4 amide bonds. The van der Waals surface area contributed by atoms with E-state index in [1.54, 1.807) is 31.9 Å². The summed E-state index contributed by atoms with van der Waals surface area (Å²) in [5.74, 6) is -3.06. The van der Waals surface area contributed by atoms with Crippen molar-refractivity contribution in [3.05, 3.63) is 36.0 Å². The molecule has 1 aliphatic heterocycles. The Bertz CT molecular complexity index is 1560. The van der Waals surface area contributed by atoms with Crippen LogP contribution in [0.25, 0.3) is 10.9 Å². The van der Waals surface area contributed by atoms with Gasteiger partial charge in [0, 0.05) is 42.7 Å². The van der Waals surface area contributed by atoms with Crippen LogP contribution >= 0.6 is 0 Å². The molecule has 1 aromatic heterocycles. The Morgan fingerprint density at radius 2 is 1.58 bits per heavy atom. The minimum atomic E-state index is -1.16. The molecule has 1 saturated heterocycles. The summed E-state index contributed by atoms with van der Waals surface area (Å²) >= 11 is 0. The van der Waals surface area contributed by atoms with Crippen LogP contribution in [-0.2, 0) is 30.4 Å². The maximum atomic E-state index is 14.3. The number of nitrogens with zero attached hydrogens (tertiary/aromatic N) is 1. The molecule has 1 aromatic carbocycles. The summed E-state index contributed by atoms with van der Waals surface area (Å²) in [6.45, 7) is 11.0. The Balaban J connectivity index is 1.86. The van der Waals surface area contributed by atoms with E-state index in [-0.39, 0.29) is 30.7 Å². The summed E-state index contributed by atoms with van der Waals surface area (Å²) in [4.78, 5) is 73.1. The maximum Gasteiger partial charge on any atom is 0.326 e. The number of nitrogens with one attached hydrogen (secondary N) is 5. The number of likely N-dealkylation sites (tertiary alicyclic amines) is 1. The van der Waals surface area contributed by atoms with Crippen molar-refractivity contribution in [1.82, 2.24) is 31.2 Å². The second kappa shape index (κ2) is 21.9. The van der Waals surface area contributed by atoms with Crippen LogP contribution in [0.4, 0.5) is 0 Å². The van der Waals surface area contributed by atoms with E-state index < -0.39 is 59.3 Å². The van der Waals surface area contributed by atoms with Crippen molar-refractivity contribution < 1.29 is 29.1 Å². The SMILES string of the molecule is CC(C)C[C@H](NC(=O)[C@@H](NC(=O)[C@H](Cc1c[nH]c2ccccc12)NC(=O)[C@H]1CCCN1C(=O)[C@H](CCCCN)NC[C@@H](N)CCCCN)C(C)(C)C)C(=O)O. The van der Waals surface area contributed by atoms with Crippen molar-refractivity contribution in [3.63, 3.8) is 0 Å². The first-order valence-corrected chi connectivity index (χ1v) is 20.0. The molecule has 2 aromatic rings. The zero-order chi connectivity index (χ0) is 40.7. The molecule has 0 saturated carbocycles. The van der Waals surface area contributed by atoms with E-state index in [1.807, 2.05) is 38.1 Å². The Morgan fingerprint density at radius 3 is 2.22 bits per heavy atom. The van der Waals surface area contributed by atoms with Gasteiger partial charge in [-0.15, -0.1) is 0 Å². The minimum Gasteiger partial charge on any atom is -0.480 e. The van der Waals surface area contributed by atoms with E-state index in [0.29, 0.717) is 45.4 Å². The van der Waals surface area contributed by atoms with Crippen molar-refractivity contribution in [3.8, 4) is 0 Å². The molecule has 0 radical (unpaired) electrons. The Hall–Kier alpha value is -4.05. The minimum absolute atomic E-state index is 0.00271. The number of carbonyl (C=O) groups excluding carboxylic acids is 4. The molecule has 0 spiro atoms. The fourth-order valence-corrected chi connectivity index (χ4v) is 7.12. The summed E-state index contributed by atoms with van der Waals surface area (Å²) in [6, 6.07) is 2.71. The molecule has 55 heavy (non-hydrogen) atoms. The molecule has 15 heteroatoms. The highest BCUT2D eigenvalue weighted by molar-refractivity contribution is 5.96. The summed E-state index contributed by atoms with van der Waals surface area (Å²) in [6.07, 6.45) is 7.71. The quantitative estimate of drug-likeness (QED) is 0.0743. The predicted octanol–water partition coefficient (Wildman–Crippen LogP) is 1.88. The Kier molecular flexibility index (Phi) is 18.0. The van der Waals surface area contributed by atoms with Crippen LogP contribution in [0.5, 0.6) is 0 Å². The summed E-state index contributed by atoms with van der Waals surface area (Å²) in [5, 5.41) is 22.5. The van der Waals surface area contributed by atoms with Gasteiger partial charge in [0.15, 0.2) is 0 Å². The predicted molar refractivity (Wildman–Crippen MR) is 215 cm³/mol. The Labute approximate surface area is 326 Å². The van der Waals surface area contributed by atoms with Crippen molar-refractivity contribution in [2.45, 2.75) is 135 Å². The van der Waals surface area contributed by atoms with Crippen LogP contribution < -0.4 is 38.5 Å². The van der Waals surface area contributed by atoms with Gasteiger partial charge in [-0.05, 0) is 81.0 Å². The lowest BCUT2D eigenvalue weighted by atomic mass is 9.85. The molecular weight excluding hydrogens is 702 g/mol. The number of rotatable bonds is 23. The molecule has 15 nitrogen and oxygen atoms in total. The first-order chi connectivity index (χ1) is 26.1. The number of carbonyl (C=O) groups is 5. The zero-order valence-electron chi connectivity index (χ0n) is 33.5. The van der Waals surface area contributed by atoms with Crippen molar-refractivity contribution in [2.24, 2.45) is 28.5 Å². The maximum absolute atomic E-state index is 14.3. The molecule has 12 N–H and O–H groups in total. The van der Waals surface area contributed by atoms with Gasteiger partial charge >= 0.3 is 5.97 Å². The second-order valence-electron chi connectivity index (χ2n) is 16.4. The van der Waals surface area contributed by atoms with Crippen molar-refractivity contribution in [1.29, 1.82) is 0 Å². The molecule has 1 fully saturated rings. The largest absolute Gasteiger partial charge is 0.480 e. The highest BCUT2D eigenvalue weighted by atomic mass is 16.4. The smallest absolute Gasteiger partial charge is 0.326 e. The lowest BCUT2D eigenvalue weighted by Gasteiger charge is -2.33. The van der Waals surface area contributed by atoms with Gasteiger partial charge in [0.2, 0.25) is 23.6 Å². The number of fused-ring (bicyclic) bond motifs is 1. The average molecular weight is 770 g/mol. The van der Waals surface area contributed by atoms with Gasteiger partial charge in [-0.3, -0.25) is 19.2 Å². The van der Waals surface area contributed by atoms with E-state index in [2.05, 4.69) is 26.3 Å². The van der Waals surface area contributed by atoms with Crippen LogP contribution in [0.2, 0.25) is 0 Å². The number of nitrogens with two attached hydrogens (primary N) is 3. The molecule has 3 rings (SSSR count). The first kappa shape index (κ1) is 45.3. The standard InChI is InChI=1S/C40H67N9O6/c1-25(2)21-32(39(54)55)47-37(52)34(40(3,4)5)48-35(50)31(22-26-23-44-29-15-7-6-14-28(26)29)46-36(51)33-17-12-20-49(33)38(53)30(16-9-11-19-42)45-24-27(43)13-8-10-18-41/h6-7,14-15,23,25,27,30-34,44-45H,8-13,16-22,24,41-43H2,1-5H3,(H,46,51)(H,47,52)(H,48,50)(H,54,55)/t27-,30-,31-,32-,33+,34+/m0/s1. The third-order valence-electron chi connectivity index (χ3n) is 10.2. The number of hydrogen-bond donors (Lipinski definition) is 9. The molecule has 0 aliphatic carbocycles. The fourth-order valence-electron chi connectivity index (χ4n) is 7.12. The first-order valence-electron chi connectivity index (χ1n) is 20.0. The van der Waals surface area contributed by atoms with Gasteiger partial charge in [-0.2, -0.15) is 0 Å². The van der Waals surface area contributed by atoms with Crippen LogP contribution in [0.3, 0.4) is 0 Å². The summed E-state index contributed by atoms with van der Waals surface area (Å²) in [7, 11) is 0. The number of aromatic nitrogens is 1. The third-order valence-corrected chi connectivity index (χ3v) is 10.2. The van der Waals surface area contributed by atoms with Gasteiger partial charge in [0.05, 0.1) is 6.04 Å². The van der Waals surface area contributed by atoms with Gasteiger partial charge in [-0.25, -0.2) is 4.79 Å². The third kappa shape index (κ3) is 13.9. The second-order valence-corrected chi connectivity index (χ2v) is 16.4. The number of aromatic amines is 1. The van der Waals surface area contributed by atoms with E-state index in [1.165, 1.54) is 0 Å². The lowest BCUT2D eigenvalue weighted by molar-refractivity contribution is -0.143. The highest BCUT2D eigenvalue weighted by Gasteiger charge is 2.40. The zero-order valence-corrected chi connectivity index (χ0v) is 33.5. The van der Waals surface area contributed by atoms with E-state index in [9.17, 15) is 29.1 Å². The molecule has 0 bridgehead atoms. The number of unbranched alkanes of at least 4 members (excludes halogenated alkanes) is 2.